The molecule has 0 bridgehead atoms. The molecule has 126 valence electrons. The second kappa shape index (κ2) is 6.82. The van der Waals surface area contributed by atoms with Gasteiger partial charge in [-0.15, -0.1) is 0 Å². The normalized spacial score (nSPS) is 44.0. The maximum Gasteiger partial charge on any atom is 0.344 e. The fourth-order valence-corrected chi connectivity index (χ4v) is 2.30. The van der Waals surface area contributed by atoms with Crippen LogP contribution in [0.5, 0.6) is 0 Å². The van der Waals surface area contributed by atoms with Gasteiger partial charge < -0.3 is 44.5 Å². The topological polar surface area (TPSA) is 138 Å². The molecule has 1 fully saturated rings. The van der Waals surface area contributed by atoms with E-state index in [0.29, 0.717) is 0 Å². The summed E-state index contributed by atoms with van der Waals surface area (Å²) in [4.78, 5) is 0. The van der Waals surface area contributed by atoms with Crippen molar-refractivity contribution < 1.29 is 44.5 Å². The van der Waals surface area contributed by atoms with Gasteiger partial charge in [-0.2, -0.15) is 0 Å². The third-order valence-electron chi connectivity index (χ3n) is 3.22. The third kappa shape index (κ3) is 2.81. The van der Waals surface area contributed by atoms with E-state index in [9.17, 15) is 25.5 Å². The lowest BCUT2D eigenvalue weighted by Gasteiger charge is -2.55. The molecule has 1 aliphatic heterocycles. The largest absolute Gasteiger partial charge is 0.394 e. The van der Waals surface area contributed by atoms with Gasteiger partial charge in [0.25, 0.3) is 5.79 Å². The molecular formula is C12H24O9. The summed E-state index contributed by atoms with van der Waals surface area (Å²) in [5.74, 6) is -8.53. The van der Waals surface area contributed by atoms with Crippen LogP contribution in [0, 0.1) is 0 Å². The van der Waals surface area contributed by atoms with Crippen LogP contribution in [0.2, 0.25) is 0 Å². The Morgan fingerprint density at radius 1 is 0.952 bits per heavy atom. The maximum atomic E-state index is 10.6. The van der Waals surface area contributed by atoms with Crippen molar-refractivity contribution in [3.63, 3.8) is 0 Å². The van der Waals surface area contributed by atoms with Crippen LogP contribution in [-0.4, -0.2) is 81.7 Å². The number of aliphatic hydroxyl groups is 5. The first-order chi connectivity index (χ1) is 9.76. The minimum absolute atomic E-state index is 0.109. The van der Waals surface area contributed by atoms with E-state index in [4.69, 9.17) is 18.9 Å². The third-order valence-corrected chi connectivity index (χ3v) is 3.22. The SMILES string of the molecule is CCO[C@@]1(O)O[C@H](CO)[C@H](O)[C@@](O)(OCC)[C@]1(O)OCC. The molecule has 0 aromatic rings. The number of hydrogen-bond acceptors (Lipinski definition) is 9. The fourth-order valence-electron chi connectivity index (χ4n) is 2.30. The van der Waals surface area contributed by atoms with Crippen molar-refractivity contribution in [2.75, 3.05) is 26.4 Å². The Balaban J connectivity index is 3.37. The van der Waals surface area contributed by atoms with Crippen molar-refractivity contribution >= 4 is 0 Å². The molecule has 0 saturated carbocycles. The van der Waals surface area contributed by atoms with Gasteiger partial charge in [0.2, 0.25) is 0 Å². The van der Waals surface area contributed by atoms with Gasteiger partial charge >= 0.3 is 11.8 Å². The van der Waals surface area contributed by atoms with Gasteiger partial charge in [-0.1, -0.05) is 0 Å². The molecule has 0 radical (unpaired) electrons. The van der Waals surface area contributed by atoms with Gasteiger partial charge in [0.1, 0.15) is 12.2 Å². The first kappa shape index (κ1) is 18.7. The molecule has 1 saturated heterocycles. The number of ether oxygens (including phenoxy) is 4. The standard InChI is InChI=1S/C12H24O9/c1-4-18-10(15)9(14)8(7-13)21-12(17,20-6-3)11(10,16)19-5-2/h8-9,13-17H,4-7H2,1-3H3/t8-,9+,10-,11+,12-/m1/s1. The van der Waals surface area contributed by atoms with E-state index in [2.05, 4.69) is 0 Å². The lowest BCUT2D eigenvalue weighted by Crippen LogP contribution is -2.81. The maximum absolute atomic E-state index is 10.6. The monoisotopic (exact) mass is 312 g/mol. The summed E-state index contributed by atoms with van der Waals surface area (Å²) < 4.78 is 20.0. The second-order valence-corrected chi connectivity index (χ2v) is 4.51. The van der Waals surface area contributed by atoms with Crippen LogP contribution in [0.15, 0.2) is 0 Å². The van der Waals surface area contributed by atoms with Crippen LogP contribution in [-0.2, 0) is 18.9 Å². The van der Waals surface area contributed by atoms with E-state index < -0.39 is 36.4 Å². The van der Waals surface area contributed by atoms with Crippen LogP contribution >= 0.6 is 0 Å². The summed E-state index contributed by atoms with van der Waals surface area (Å²) in [5.41, 5.74) is 0. The Morgan fingerprint density at radius 2 is 1.48 bits per heavy atom. The molecule has 0 aromatic heterocycles. The van der Waals surface area contributed by atoms with E-state index in [1.54, 1.807) is 0 Å². The van der Waals surface area contributed by atoms with Gasteiger partial charge in [-0.25, -0.2) is 0 Å². The number of aliphatic hydroxyl groups excluding tert-OH is 2. The molecule has 1 rings (SSSR count). The van der Waals surface area contributed by atoms with Crippen LogP contribution in [0.4, 0.5) is 0 Å². The van der Waals surface area contributed by atoms with E-state index in [1.165, 1.54) is 20.8 Å². The summed E-state index contributed by atoms with van der Waals surface area (Å²) in [5, 5.41) is 50.9. The lowest BCUT2D eigenvalue weighted by molar-refractivity contribution is -0.578. The van der Waals surface area contributed by atoms with E-state index >= 15 is 0 Å². The van der Waals surface area contributed by atoms with Gasteiger partial charge in [-0.05, 0) is 20.8 Å². The van der Waals surface area contributed by atoms with Crippen molar-refractivity contribution in [1.29, 1.82) is 0 Å². The van der Waals surface area contributed by atoms with Crippen LogP contribution < -0.4 is 0 Å². The van der Waals surface area contributed by atoms with Crippen molar-refractivity contribution in [1.82, 2.24) is 0 Å². The molecule has 0 spiro atoms. The fraction of sp³-hybridized carbons (Fsp3) is 1.00. The average Bonchev–Trinajstić information content (AvgIpc) is 2.43. The van der Waals surface area contributed by atoms with E-state index in [1.807, 2.05) is 0 Å². The van der Waals surface area contributed by atoms with E-state index in [0.717, 1.165) is 0 Å². The molecule has 9 nitrogen and oxygen atoms in total. The Kier molecular flexibility index (Phi) is 6.07. The zero-order valence-corrected chi connectivity index (χ0v) is 12.4. The Labute approximate surface area is 122 Å². The highest BCUT2D eigenvalue weighted by atomic mass is 16.9. The summed E-state index contributed by atoms with van der Waals surface area (Å²) in [7, 11) is 0. The molecular weight excluding hydrogens is 288 g/mol. The number of hydrogen-bond donors (Lipinski definition) is 5. The summed E-state index contributed by atoms with van der Waals surface area (Å²) in [6.07, 6.45) is -3.35. The Hall–Kier alpha value is -0.360. The van der Waals surface area contributed by atoms with Crippen LogP contribution in [0.25, 0.3) is 0 Å². The van der Waals surface area contributed by atoms with Crippen LogP contribution in [0.1, 0.15) is 20.8 Å². The smallest absolute Gasteiger partial charge is 0.344 e. The molecule has 1 aliphatic rings. The molecule has 0 aliphatic carbocycles. The zero-order chi connectivity index (χ0) is 16.3. The van der Waals surface area contributed by atoms with Gasteiger partial charge in [-0.3, -0.25) is 0 Å². The highest BCUT2D eigenvalue weighted by Gasteiger charge is 2.75. The first-order valence-electron chi connectivity index (χ1n) is 6.82. The zero-order valence-electron chi connectivity index (χ0n) is 12.4. The van der Waals surface area contributed by atoms with Crippen molar-refractivity contribution in [2.45, 2.75) is 50.5 Å². The first-order valence-corrected chi connectivity index (χ1v) is 6.82. The molecule has 5 atom stereocenters. The lowest BCUT2D eigenvalue weighted by atomic mass is 9.89. The average molecular weight is 312 g/mol. The molecule has 9 heteroatoms. The van der Waals surface area contributed by atoms with Crippen molar-refractivity contribution in [2.24, 2.45) is 0 Å². The van der Waals surface area contributed by atoms with Gasteiger partial charge in [0, 0.05) is 19.8 Å². The molecule has 0 unspecified atom stereocenters. The summed E-state index contributed by atoms with van der Waals surface area (Å²) >= 11 is 0. The molecule has 0 amide bonds. The van der Waals surface area contributed by atoms with E-state index in [-0.39, 0.29) is 19.8 Å². The van der Waals surface area contributed by atoms with Crippen LogP contribution in [0.3, 0.4) is 0 Å². The second-order valence-electron chi connectivity index (χ2n) is 4.51. The summed E-state index contributed by atoms with van der Waals surface area (Å²) in [6.45, 7) is 3.36. The van der Waals surface area contributed by atoms with Gasteiger partial charge in [0.15, 0.2) is 0 Å². The predicted octanol–water partition coefficient (Wildman–Crippen LogP) is -2.13. The Bertz CT molecular complexity index is 341. The highest BCUT2D eigenvalue weighted by Crippen LogP contribution is 2.45. The van der Waals surface area contributed by atoms with Crippen molar-refractivity contribution in [3.8, 4) is 0 Å². The minimum Gasteiger partial charge on any atom is -0.394 e. The Morgan fingerprint density at radius 3 is 1.90 bits per heavy atom. The summed E-state index contributed by atoms with van der Waals surface area (Å²) in [6, 6.07) is 0. The quantitative estimate of drug-likeness (QED) is 0.334. The molecule has 0 aromatic carbocycles. The molecule has 5 N–H and O–H groups in total. The minimum atomic E-state index is -2.92. The number of rotatable bonds is 7. The van der Waals surface area contributed by atoms with Gasteiger partial charge in [0.05, 0.1) is 6.61 Å². The molecule has 1 heterocycles. The predicted molar refractivity (Wildman–Crippen MR) is 67.7 cm³/mol. The highest BCUT2D eigenvalue weighted by molar-refractivity contribution is 5.04. The molecule has 21 heavy (non-hydrogen) atoms. The van der Waals surface area contributed by atoms with Crippen molar-refractivity contribution in [3.05, 3.63) is 0 Å².